The number of nitrogens with two attached hydrogens (primary N) is 1. The van der Waals surface area contributed by atoms with E-state index in [0.29, 0.717) is 43.1 Å². The number of primary amides is 1. The topological polar surface area (TPSA) is 71.4 Å². The normalized spacial score (nSPS) is 14.4. The third kappa shape index (κ3) is 4.74. The predicted molar refractivity (Wildman–Crippen MR) is 130 cm³/mol. The molecule has 4 aromatic rings. The highest BCUT2D eigenvalue weighted by atomic mass is 19.4. The molecule has 2 heterocycles. The van der Waals surface area contributed by atoms with Gasteiger partial charge in [-0.2, -0.15) is 13.2 Å². The van der Waals surface area contributed by atoms with Gasteiger partial charge in [-0.25, -0.2) is 0 Å². The number of morpholine rings is 1. The fourth-order valence-electron chi connectivity index (χ4n) is 4.62. The number of amides is 1. The monoisotopic (exact) mass is 479 g/mol. The Morgan fingerprint density at radius 2 is 1.71 bits per heavy atom. The number of para-hydroxylation sites is 1. The van der Waals surface area contributed by atoms with Crippen LogP contribution in [0.2, 0.25) is 0 Å². The fourth-order valence-corrected chi connectivity index (χ4v) is 4.62. The lowest BCUT2D eigenvalue weighted by molar-refractivity contribution is -0.138. The summed E-state index contributed by atoms with van der Waals surface area (Å²) in [5, 5.41) is 1.04. The molecule has 5 rings (SSSR count). The van der Waals surface area contributed by atoms with Crippen molar-refractivity contribution < 1.29 is 22.7 Å². The molecule has 0 aliphatic carbocycles. The van der Waals surface area contributed by atoms with Crippen LogP contribution in [0.15, 0.2) is 66.7 Å². The summed E-state index contributed by atoms with van der Waals surface area (Å²) in [5.74, 6) is -0.817. The number of aromatic nitrogens is 1. The molecule has 0 saturated carbocycles. The number of carbonyl (C=O) groups is 1. The molecule has 180 valence electrons. The van der Waals surface area contributed by atoms with Gasteiger partial charge >= 0.3 is 6.18 Å². The smallest absolute Gasteiger partial charge is 0.378 e. The number of hydrogen-bond acceptors (Lipinski definition) is 3. The van der Waals surface area contributed by atoms with Crippen molar-refractivity contribution in [2.45, 2.75) is 12.6 Å². The van der Waals surface area contributed by atoms with Crippen LogP contribution in [0.4, 0.5) is 18.9 Å². The molecule has 1 amide bonds. The number of rotatable bonds is 5. The summed E-state index contributed by atoms with van der Waals surface area (Å²) in [6, 6.07) is 20.0. The third-order valence-corrected chi connectivity index (χ3v) is 6.28. The Labute approximate surface area is 200 Å². The number of hydrogen-bond donors (Lipinski definition) is 2. The van der Waals surface area contributed by atoms with Gasteiger partial charge in [0, 0.05) is 35.4 Å². The van der Waals surface area contributed by atoms with Crippen molar-refractivity contribution in [2.24, 2.45) is 5.73 Å². The highest BCUT2D eigenvalue weighted by Gasteiger charge is 2.36. The van der Waals surface area contributed by atoms with E-state index in [0.717, 1.165) is 28.2 Å². The second kappa shape index (κ2) is 9.11. The standard InChI is InChI=1S/C27H24F3N3O2/c28-27(29,30)23-15-20(33-8-10-35-11-9-33)14-21(22(23)16-26(31)34)17-5-3-6-18(12-17)25-13-19-4-1-2-7-24(19)32-25/h1-7,12-15,32H,8-11,16H2,(H2,31,34). The maximum atomic E-state index is 14.2. The summed E-state index contributed by atoms with van der Waals surface area (Å²) in [5.41, 5.74) is 8.45. The molecule has 0 atom stereocenters. The molecule has 5 nitrogen and oxygen atoms in total. The SMILES string of the molecule is NC(=O)Cc1c(-c2cccc(-c3cc4ccccc4[nH]3)c2)cc(N2CCOCC2)cc1C(F)(F)F. The molecule has 0 radical (unpaired) electrons. The van der Waals surface area contributed by atoms with Crippen molar-refractivity contribution in [3.05, 3.63) is 77.9 Å². The Morgan fingerprint density at radius 1 is 0.971 bits per heavy atom. The number of alkyl halides is 3. The Bertz CT molecular complexity index is 1360. The third-order valence-electron chi connectivity index (χ3n) is 6.28. The molecule has 3 aromatic carbocycles. The number of aromatic amines is 1. The van der Waals surface area contributed by atoms with Crippen molar-refractivity contribution in [3.63, 3.8) is 0 Å². The zero-order valence-corrected chi connectivity index (χ0v) is 18.9. The van der Waals surface area contributed by atoms with Gasteiger partial charge in [0.2, 0.25) is 5.91 Å². The van der Waals surface area contributed by atoms with E-state index in [1.165, 1.54) is 0 Å². The van der Waals surface area contributed by atoms with Gasteiger partial charge in [-0.15, -0.1) is 0 Å². The Kier molecular flexibility index (Phi) is 5.98. The van der Waals surface area contributed by atoms with E-state index >= 15 is 0 Å². The molecule has 1 aliphatic heterocycles. The maximum Gasteiger partial charge on any atom is 0.416 e. The van der Waals surface area contributed by atoms with Gasteiger partial charge in [0.1, 0.15) is 0 Å². The summed E-state index contributed by atoms with van der Waals surface area (Å²) >= 11 is 0. The summed E-state index contributed by atoms with van der Waals surface area (Å²) < 4.78 is 48.0. The average Bonchev–Trinajstić information content (AvgIpc) is 3.28. The molecule has 0 bridgehead atoms. The Balaban J connectivity index is 1.68. The van der Waals surface area contributed by atoms with Crippen molar-refractivity contribution in [1.29, 1.82) is 0 Å². The van der Waals surface area contributed by atoms with Crippen LogP contribution in [-0.4, -0.2) is 37.2 Å². The summed E-state index contributed by atoms with van der Waals surface area (Å²) in [7, 11) is 0. The van der Waals surface area contributed by atoms with Crippen LogP contribution in [-0.2, 0) is 22.1 Å². The number of nitrogens with zero attached hydrogens (tertiary/aromatic N) is 1. The lowest BCUT2D eigenvalue weighted by atomic mass is 9.90. The van der Waals surface area contributed by atoms with Crippen LogP contribution in [0.3, 0.4) is 0 Å². The van der Waals surface area contributed by atoms with Crippen molar-refractivity contribution in [3.8, 4) is 22.4 Å². The second-order valence-electron chi connectivity index (χ2n) is 8.61. The van der Waals surface area contributed by atoms with Gasteiger partial charge in [-0.1, -0.05) is 36.4 Å². The predicted octanol–water partition coefficient (Wildman–Crippen LogP) is 5.39. The van der Waals surface area contributed by atoms with Gasteiger partial charge in [0.15, 0.2) is 0 Å². The average molecular weight is 480 g/mol. The molecule has 1 aromatic heterocycles. The second-order valence-corrected chi connectivity index (χ2v) is 8.61. The van der Waals surface area contributed by atoms with Gasteiger partial charge < -0.3 is 20.4 Å². The number of fused-ring (bicyclic) bond motifs is 1. The molecule has 3 N–H and O–H groups in total. The molecule has 1 fully saturated rings. The van der Waals surface area contributed by atoms with E-state index in [4.69, 9.17) is 10.5 Å². The molecule has 0 spiro atoms. The first-order chi connectivity index (χ1) is 16.8. The first kappa shape index (κ1) is 23.0. The summed E-state index contributed by atoms with van der Waals surface area (Å²) in [4.78, 5) is 17.1. The van der Waals surface area contributed by atoms with Crippen LogP contribution < -0.4 is 10.6 Å². The quantitative estimate of drug-likeness (QED) is 0.404. The number of halogens is 3. The number of ether oxygens (including phenoxy) is 1. The summed E-state index contributed by atoms with van der Waals surface area (Å²) in [6.07, 6.45) is -5.15. The van der Waals surface area contributed by atoms with Crippen molar-refractivity contribution in [1.82, 2.24) is 4.98 Å². The molecule has 8 heteroatoms. The van der Waals surface area contributed by atoms with E-state index in [1.807, 2.05) is 47.4 Å². The van der Waals surface area contributed by atoms with E-state index < -0.39 is 24.1 Å². The van der Waals surface area contributed by atoms with E-state index in [9.17, 15) is 18.0 Å². The number of nitrogens with one attached hydrogen (secondary N) is 1. The van der Waals surface area contributed by atoms with Gasteiger partial charge in [0.05, 0.1) is 25.2 Å². The molecule has 1 saturated heterocycles. The lowest BCUT2D eigenvalue weighted by Gasteiger charge is -2.30. The minimum atomic E-state index is -4.64. The maximum absolute atomic E-state index is 14.2. The van der Waals surface area contributed by atoms with Gasteiger partial charge in [-0.05, 0) is 52.6 Å². The number of benzene rings is 3. The van der Waals surface area contributed by atoms with E-state index in [2.05, 4.69) is 4.98 Å². The van der Waals surface area contributed by atoms with E-state index in [1.54, 1.807) is 18.2 Å². The zero-order chi connectivity index (χ0) is 24.6. The first-order valence-corrected chi connectivity index (χ1v) is 11.3. The van der Waals surface area contributed by atoms with Gasteiger partial charge in [0.25, 0.3) is 0 Å². The van der Waals surface area contributed by atoms with Crippen LogP contribution >= 0.6 is 0 Å². The number of H-pyrrole nitrogens is 1. The van der Waals surface area contributed by atoms with Gasteiger partial charge in [-0.3, -0.25) is 4.79 Å². The molecule has 1 aliphatic rings. The molecular formula is C27H24F3N3O2. The Morgan fingerprint density at radius 3 is 2.43 bits per heavy atom. The minimum Gasteiger partial charge on any atom is -0.378 e. The molecular weight excluding hydrogens is 455 g/mol. The zero-order valence-electron chi connectivity index (χ0n) is 18.9. The number of carbonyl (C=O) groups excluding carboxylic acids is 1. The van der Waals surface area contributed by atoms with Crippen molar-refractivity contribution in [2.75, 3.05) is 31.2 Å². The Hall–Kier alpha value is -3.78. The highest BCUT2D eigenvalue weighted by Crippen LogP contribution is 2.41. The summed E-state index contributed by atoms with van der Waals surface area (Å²) in [6.45, 7) is 1.85. The first-order valence-electron chi connectivity index (χ1n) is 11.3. The number of anilines is 1. The largest absolute Gasteiger partial charge is 0.416 e. The highest BCUT2D eigenvalue weighted by molar-refractivity contribution is 5.88. The molecule has 0 unspecified atom stereocenters. The van der Waals surface area contributed by atoms with Crippen LogP contribution in [0, 0.1) is 0 Å². The van der Waals surface area contributed by atoms with Crippen LogP contribution in [0.1, 0.15) is 11.1 Å². The lowest BCUT2D eigenvalue weighted by Crippen LogP contribution is -2.36. The molecule has 35 heavy (non-hydrogen) atoms. The van der Waals surface area contributed by atoms with E-state index in [-0.39, 0.29) is 5.56 Å². The van der Waals surface area contributed by atoms with Crippen LogP contribution in [0.5, 0.6) is 0 Å². The van der Waals surface area contributed by atoms with Crippen LogP contribution in [0.25, 0.3) is 33.3 Å². The fraction of sp³-hybridized carbons (Fsp3) is 0.222. The minimum absolute atomic E-state index is 0.115. The van der Waals surface area contributed by atoms with Crippen molar-refractivity contribution >= 4 is 22.5 Å².